The Morgan fingerprint density at radius 1 is 1.43 bits per heavy atom. The van der Waals surface area contributed by atoms with Crippen molar-refractivity contribution in [3.8, 4) is 0 Å². The van der Waals surface area contributed by atoms with Crippen molar-refractivity contribution in [1.82, 2.24) is 9.88 Å². The minimum atomic E-state index is 0.119. The maximum Gasteiger partial charge on any atom is 0.112 e. The number of aromatic nitrogens is 1. The third-order valence-electron chi connectivity index (χ3n) is 3.27. The summed E-state index contributed by atoms with van der Waals surface area (Å²) in [4.78, 5) is 7.52. The van der Waals surface area contributed by atoms with Gasteiger partial charge in [0.1, 0.15) is 10.2 Å². The second-order valence-electron chi connectivity index (χ2n) is 5.05. The van der Waals surface area contributed by atoms with Gasteiger partial charge in [-0.3, -0.25) is 0 Å². The lowest BCUT2D eigenvalue weighted by atomic mass is 10.1. The summed E-state index contributed by atoms with van der Waals surface area (Å²) in [5, 5.41) is 4.70. The Balaban J connectivity index is 1.90. The van der Waals surface area contributed by atoms with Gasteiger partial charge in [-0.2, -0.15) is 0 Å². The molecule has 0 radical (unpaired) electrons. The second kappa shape index (κ2) is 6.34. The van der Waals surface area contributed by atoms with Crippen LogP contribution in [-0.2, 0) is 6.54 Å². The van der Waals surface area contributed by atoms with Crippen LogP contribution in [0.2, 0.25) is 0 Å². The highest BCUT2D eigenvalue weighted by Crippen LogP contribution is 2.50. The fourth-order valence-electron chi connectivity index (χ4n) is 2.36. The summed E-state index contributed by atoms with van der Waals surface area (Å²) < 4.78 is 0. The van der Waals surface area contributed by atoms with Crippen molar-refractivity contribution in [2.24, 2.45) is 5.73 Å². The maximum absolute atomic E-state index is 6.61. The fourth-order valence-corrected chi connectivity index (χ4v) is 5.06. The molecule has 0 amide bonds. The molecule has 0 spiro atoms. The number of halogens is 2. The molecule has 3 rings (SSSR count). The van der Waals surface area contributed by atoms with E-state index in [1.807, 2.05) is 29.4 Å². The minimum absolute atomic E-state index is 0.119. The number of rotatable bonds is 4. The standard InChI is InChI=1S/C14H15Cl2N3S2/c1-8(17)6-10-13(16)14-9(21-10)2-3-11(15)19(14)7-12-18-4-5-20-12/h2-5,8,10H,6-7,17H2,1H3/t8-,10?/m0/s1. The summed E-state index contributed by atoms with van der Waals surface area (Å²) in [5.74, 6) is 0. The SMILES string of the molecule is C[C@H](N)CC1SC2=CC=C(Cl)N(Cc3nccs3)C2=C1Cl. The van der Waals surface area contributed by atoms with Gasteiger partial charge in [0.05, 0.1) is 17.3 Å². The van der Waals surface area contributed by atoms with Gasteiger partial charge in [-0.25, -0.2) is 4.98 Å². The Kier molecular flexibility index (Phi) is 4.66. The van der Waals surface area contributed by atoms with Gasteiger partial charge in [-0.1, -0.05) is 23.2 Å². The van der Waals surface area contributed by atoms with Gasteiger partial charge in [0.15, 0.2) is 0 Å². The van der Waals surface area contributed by atoms with Crippen LogP contribution in [0.3, 0.4) is 0 Å². The first-order valence-corrected chi connectivity index (χ1v) is 9.13. The first-order valence-electron chi connectivity index (χ1n) is 6.62. The van der Waals surface area contributed by atoms with Crippen LogP contribution in [0.5, 0.6) is 0 Å². The van der Waals surface area contributed by atoms with Crippen LogP contribution in [0, 0.1) is 0 Å². The molecule has 1 aromatic rings. The van der Waals surface area contributed by atoms with Crippen LogP contribution >= 0.6 is 46.3 Å². The van der Waals surface area contributed by atoms with Crippen molar-refractivity contribution >= 4 is 46.3 Å². The number of hydrogen-bond acceptors (Lipinski definition) is 5. The first kappa shape index (κ1) is 15.4. The molecule has 3 nitrogen and oxygen atoms in total. The highest BCUT2D eigenvalue weighted by atomic mass is 35.5. The third-order valence-corrected chi connectivity index (χ3v) is 6.24. The predicted octanol–water partition coefficient (Wildman–Crippen LogP) is 4.23. The minimum Gasteiger partial charge on any atom is -0.328 e. The summed E-state index contributed by atoms with van der Waals surface area (Å²) >= 11 is 16.4. The van der Waals surface area contributed by atoms with E-state index in [4.69, 9.17) is 28.9 Å². The Morgan fingerprint density at radius 3 is 2.90 bits per heavy atom. The van der Waals surface area contributed by atoms with E-state index in [9.17, 15) is 0 Å². The van der Waals surface area contributed by atoms with Gasteiger partial charge in [0, 0.05) is 27.8 Å². The summed E-state index contributed by atoms with van der Waals surface area (Å²) in [7, 11) is 0. The molecule has 0 saturated heterocycles. The lowest BCUT2D eigenvalue weighted by Gasteiger charge is -2.27. The predicted molar refractivity (Wildman–Crippen MR) is 92.2 cm³/mol. The molecule has 0 saturated carbocycles. The number of nitrogens with zero attached hydrogens (tertiary/aromatic N) is 2. The van der Waals surface area contributed by atoms with Crippen LogP contribution in [0.15, 0.2) is 44.5 Å². The monoisotopic (exact) mass is 359 g/mol. The molecule has 21 heavy (non-hydrogen) atoms. The van der Waals surface area contributed by atoms with Crippen LogP contribution in [0.1, 0.15) is 18.4 Å². The summed E-state index contributed by atoms with van der Waals surface area (Å²) in [6.07, 6.45) is 6.60. The second-order valence-corrected chi connectivity index (χ2v) is 8.07. The van der Waals surface area contributed by atoms with E-state index >= 15 is 0 Å². The van der Waals surface area contributed by atoms with E-state index < -0.39 is 0 Å². The molecule has 2 atom stereocenters. The van der Waals surface area contributed by atoms with Crippen LogP contribution < -0.4 is 5.73 Å². The zero-order chi connectivity index (χ0) is 15.0. The molecule has 3 heterocycles. The summed E-state index contributed by atoms with van der Waals surface area (Å²) in [5.41, 5.74) is 6.93. The number of thioether (sulfide) groups is 1. The van der Waals surface area contributed by atoms with E-state index in [-0.39, 0.29) is 11.3 Å². The quantitative estimate of drug-likeness (QED) is 0.816. The van der Waals surface area contributed by atoms with Gasteiger partial charge >= 0.3 is 0 Å². The average Bonchev–Trinajstić information content (AvgIpc) is 3.02. The van der Waals surface area contributed by atoms with Gasteiger partial charge in [0.2, 0.25) is 0 Å². The van der Waals surface area contributed by atoms with Gasteiger partial charge in [-0.05, 0) is 25.5 Å². The normalized spacial score (nSPS) is 23.0. The number of allylic oxidation sites excluding steroid dienone is 2. The van der Waals surface area contributed by atoms with Crippen molar-refractivity contribution in [3.63, 3.8) is 0 Å². The van der Waals surface area contributed by atoms with Gasteiger partial charge in [0.25, 0.3) is 0 Å². The van der Waals surface area contributed by atoms with Gasteiger partial charge < -0.3 is 10.6 Å². The number of fused-ring (bicyclic) bond motifs is 1. The Bertz CT molecular complexity index is 620. The van der Waals surface area contributed by atoms with Gasteiger partial charge in [-0.15, -0.1) is 23.1 Å². The zero-order valence-electron chi connectivity index (χ0n) is 11.4. The van der Waals surface area contributed by atoms with E-state index in [1.165, 1.54) is 0 Å². The molecule has 2 aliphatic heterocycles. The molecule has 0 aliphatic carbocycles. The summed E-state index contributed by atoms with van der Waals surface area (Å²) in [6.45, 7) is 2.64. The first-order chi connectivity index (χ1) is 10.1. The lowest BCUT2D eigenvalue weighted by Crippen LogP contribution is -2.23. The number of nitrogens with two attached hydrogens (primary N) is 1. The van der Waals surface area contributed by atoms with Crippen molar-refractivity contribution in [2.75, 3.05) is 0 Å². The van der Waals surface area contributed by atoms with E-state index in [2.05, 4.69) is 4.98 Å². The van der Waals surface area contributed by atoms with E-state index in [0.717, 1.165) is 27.1 Å². The van der Waals surface area contributed by atoms with Crippen LogP contribution in [-0.4, -0.2) is 21.2 Å². The Hall–Kier alpha value is -0.460. The summed E-state index contributed by atoms with van der Waals surface area (Å²) in [6, 6.07) is 0.119. The van der Waals surface area contributed by atoms with E-state index in [1.54, 1.807) is 29.3 Å². The lowest BCUT2D eigenvalue weighted by molar-refractivity contribution is 0.451. The number of thiazole rings is 1. The zero-order valence-corrected chi connectivity index (χ0v) is 14.6. The molecule has 1 unspecified atom stereocenters. The molecule has 2 N–H and O–H groups in total. The van der Waals surface area contributed by atoms with Crippen LogP contribution in [0.25, 0.3) is 0 Å². The third kappa shape index (κ3) is 3.17. The highest BCUT2D eigenvalue weighted by molar-refractivity contribution is 8.04. The fraction of sp³-hybridized carbons (Fsp3) is 0.357. The Morgan fingerprint density at radius 2 is 2.24 bits per heavy atom. The van der Waals surface area contributed by atoms with E-state index in [0.29, 0.717) is 11.7 Å². The molecule has 2 aliphatic rings. The van der Waals surface area contributed by atoms with Crippen molar-refractivity contribution in [1.29, 1.82) is 0 Å². The maximum atomic E-state index is 6.61. The molecule has 7 heteroatoms. The van der Waals surface area contributed by atoms with Crippen LogP contribution in [0.4, 0.5) is 0 Å². The average molecular weight is 360 g/mol. The molecular weight excluding hydrogens is 345 g/mol. The molecule has 0 bridgehead atoms. The smallest absolute Gasteiger partial charge is 0.112 e. The molecule has 1 aromatic heterocycles. The number of hydrogen-bond donors (Lipinski definition) is 1. The molecule has 0 aromatic carbocycles. The van der Waals surface area contributed by atoms with Crippen molar-refractivity contribution < 1.29 is 0 Å². The van der Waals surface area contributed by atoms with Crippen molar-refractivity contribution in [2.45, 2.75) is 31.2 Å². The van der Waals surface area contributed by atoms with Crippen molar-refractivity contribution in [3.05, 3.63) is 49.5 Å². The molecule has 112 valence electrons. The largest absolute Gasteiger partial charge is 0.328 e. The molecule has 0 fully saturated rings. The topological polar surface area (TPSA) is 42.1 Å². The highest BCUT2D eigenvalue weighted by Gasteiger charge is 2.35. The molecular formula is C14H15Cl2N3S2. The Labute approximate surface area is 142 Å².